The Labute approximate surface area is 211 Å². The van der Waals surface area contributed by atoms with E-state index in [9.17, 15) is 0 Å². The summed E-state index contributed by atoms with van der Waals surface area (Å²) >= 11 is 0. The first kappa shape index (κ1) is 20.7. The molecule has 0 heterocycles. The molecule has 0 saturated heterocycles. The molecule has 7 aromatic carbocycles. The van der Waals surface area contributed by atoms with Gasteiger partial charge in [0.1, 0.15) is 0 Å². The zero-order valence-corrected chi connectivity index (χ0v) is 19.9. The van der Waals surface area contributed by atoms with Gasteiger partial charge in [-0.15, -0.1) is 0 Å². The molecule has 36 heavy (non-hydrogen) atoms. The Bertz CT molecular complexity index is 1890. The van der Waals surface area contributed by atoms with Crippen LogP contribution in [-0.2, 0) is 0 Å². The van der Waals surface area contributed by atoms with Crippen LogP contribution in [-0.4, -0.2) is 0 Å². The third kappa shape index (κ3) is 3.65. The Hall–Kier alpha value is -4.68. The van der Waals surface area contributed by atoms with Crippen molar-refractivity contribution in [2.24, 2.45) is 0 Å². The highest BCUT2D eigenvalue weighted by atomic mass is 14.1. The molecular formula is C36H24. The van der Waals surface area contributed by atoms with Crippen molar-refractivity contribution in [1.82, 2.24) is 0 Å². The summed E-state index contributed by atoms with van der Waals surface area (Å²) in [5, 5.41) is 7.71. The number of benzene rings is 7. The molecule has 0 amide bonds. The molecule has 0 bridgehead atoms. The van der Waals surface area contributed by atoms with Crippen molar-refractivity contribution in [2.45, 2.75) is 0 Å². The molecule has 0 N–H and O–H groups in total. The second kappa shape index (κ2) is 8.52. The van der Waals surface area contributed by atoms with Crippen molar-refractivity contribution in [3.63, 3.8) is 0 Å². The summed E-state index contributed by atoms with van der Waals surface area (Å²) in [5.41, 5.74) is 7.42. The Balaban J connectivity index is 1.27. The fourth-order valence-electron chi connectivity index (χ4n) is 5.32. The lowest BCUT2D eigenvalue weighted by Gasteiger charge is -2.10. The van der Waals surface area contributed by atoms with E-state index < -0.39 is 0 Å². The van der Waals surface area contributed by atoms with Gasteiger partial charge in [-0.05, 0) is 90.0 Å². The molecule has 0 spiro atoms. The first-order valence-corrected chi connectivity index (χ1v) is 12.4. The van der Waals surface area contributed by atoms with Crippen molar-refractivity contribution >= 4 is 32.3 Å². The lowest BCUT2D eigenvalue weighted by molar-refractivity contribution is 1.59. The van der Waals surface area contributed by atoms with Crippen molar-refractivity contribution in [3.05, 3.63) is 146 Å². The molecule has 0 nitrogen and oxygen atoms in total. The smallest absolute Gasteiger partial charge is 0.0105 e. The zero-order valence-electron chi connectivity index (χ0n) is 19.9. The van der Waals surface area contributed by atoms with E-state index >= 15 is 0 Å². The molecule has 0 atom stereocenters. The van der Waals surface area contributed by atoms with Gasteiger partial charge in [-0.25, -0.2) is 0 Å². The monoisotopic (exact) mass is 456 g/mol. The third-order valence-corrected chi connectivity index (χ3v) is 7.22. The second-order valence-corrected chi connectivity index (χ2v) is 9.45. The van der Waals surface area contributed by atoms with Crippen LogP contribution in [0.1, 0.15) is 0 Å². The lowest BCUT2D eigenvalue weighted by Crippen LogP contribution is -1.85. The zero-order chi connectivity index (χ0) is 23.9. The number of hydrogen-bond donors (Lipinski definition) is 0. The van der Waals surface area contributed by atoms with Crippen LogP contribution in [0.5, 0.6) is 0 Å². The maximum absolute atomic E-state index is 2.31. The molecule has 0 unspecified atom stereocenters. The highest BCUT2D eigenvalue weighted by molar-refractivity contribution is 6.08. The molecule has 0 radical (unpaired) electrons. The lowest BCUT2D eigenvalue weighted by atomic mass is 9.94. The van der Waals surface area contributed by atoms with Gasteiger partial charge >= 0.3 is 0 Å². The van der Waals surface area contributed by atoms with Crippen molar-refractivity contribution in [2.75, 3.05) is 0 Å². The Morgan fingerprint density at radius 3 is 1.36 bits per heavy atom. The summed E-state index contributed by atoms with van der Waals surface area (Å²) < 4.78 is 0. The Kier molecular flexibility index (Phi) is 4.89. The molecule has 7 rings (SSSR count). The first-order valence-electron chi connectivity index (χ1n) is 12.4. The standard InChI is InChI=1S/C36H24/c1-2-9-27-21-32(17-15-25(27)7-1)30-12-5-10-28(22-30)29-11-6-13-31(23-29)33-19-20-36-34(24-33)18-16-26-8-3-4-14-35(26)36/h1-24H. The largest absolute Gasteiger partial charge is 0.0616 e. The van der Waals surface area contributed by atoms with Gasteiger partial charge in [-0.1, -0.05) is 121 Å². The van der Waals surface area contributed by atoms with Gasteiger partial charge < -0.3 is 0 Å². The minimum Gasteiger partial charge on any atom is -0.0616 e. The van der Waals surface area contributed by atoms with Gasteiger partial charge in [-0.2, -0.15) is 0 Å². The first-order chi connectivity index (χ1) is 17.8. The molecule has 0 aliphatic heterocycles. The Morgan fingerprint density at radius 1 is 0.222 bits per heavy atom. The van der Waals surface area contributed by atoms with Crippen LogP contribution in [0.15, 0.2) is 146 Å². The molecule has 0 saturated carbocycles. The molecule has 0 aliphatic carbocycles. The van der Waals surface area contributed by atoms with E-state index in [2.05, 4.69) is 146 Å². The Morgan fingerprint density at radius 2 is 0.667 bits per heavy atom. The maximum atomic E-state index is 2.31. The van der Waals surface area contributed by atoms with E-state index in [1.807, 2.05) is 0 Å². The van der Waals surface area contributed by atoms with Crippen LogP contribution < -0.4 is 0 Å². The van der Waals surface area contributed by atoms with Crippen LogP contribution in [0.4, 0.5) is 0 Å². The van der Waals surface area contributed by atoms with Gasteiger partial charge in [-0.3, -0.25) is 0 Å². The SMILES string of the molecule is c1cc(-c2cccc(-c3ccc4c(ccc5ccccc54)c3)c2)cc(-c2ccc3ccccc3c2)c1. The van der Waals surface area contributed by atoms with Crippen LogP contribution in [0.2, 0.25) is 0 Å². The number of fused-ring (bicyclic) bond motifs is 4. The summed E-state index contributed by atoms with van der Waals surface area (Å²) in [6, 6.07) is 52.9. The van der Waals surface area contributed by atoms with E-state index in [4.69, 9.17) is 0 Å². The van der Waals surface area contributed by atoms with Crippen molar-refractivity contribution < 1.29 is 0 Å². The summed E-state index contributed by atoms with van der Waals surface area (Å²) in [7, 11) is 0. The van der Waals surface area contributed by atoms with Crippen LogP contribution in [0, 0.1) is 0 Å². The fraction of sp³-hybridized carbons (Fsp3) is 0. The number of hydrogen-bond acceptors (Lipinski definition) is 0. The quantitative estimate of drug-likeness (QED) is 0.232. The molecule has 0 heteroatoms. The third-order valence-electron chi connectivity index (χ3n) is 7.22. The van der Waals surface area contributed by atoms with Gasteiger partial charge in [0.15, 0.2) is 0 Å². The summed E-state index contributed by atoms with van der Waals surface area (Å²) in [6.45, 7) is 0. The molecule has 0 aliphatic rings. The van der Waals surface area contributed by atoms with E-state index in [-0.39, 0.29) is 0 Å². The van der Waals surface area contributed by atoms with E-state index in [0.717, 1.165) is 0 Å². The fourth-order valence-corrected chi connectivity index (χ4v) is 5.32. The minimum absolute atomic E-state index is 1.23. The average molecular weight is 457 g/mol. The van der Waals surface area contributed by atoms with E-state index in [1.165, 1.54) is 65.7 Å². The summed E-state index contributed by atoms with van der Waals surface area (Å²) in [6.07, 6.45) is 0. The molecule has 168 valence electrons. The minimum atomic E-state index is 1.23. The summed E-state index contributed by atoms with van der Waals surface area (Å²) in [5.74, 6) is 0. The van der Waals surface area contributed by atoms with E-state index in [1.54, 1.807) is 0 Å². The molecule has 0 aromatic heterocycles. The van der Waals surface area contributed by atoms with Gasteiger partial charge in [0.05, 0.1) is 0 Å². The predicted octanol–water partition coefficient (Wildman–Crippen LogP) is 10.1. The topological polar surface area (TPSA) is 0 Å². The predicted molar refractivity (Wildman–Crippen MR) is 155 cm³/mol. The maximum Gasteiger partial charge on any atom is -0.0105 e. The molecule has 7 aromatic rings. The molecular weight excluding hydrogens is 432 g/mol. The van der Waals surface area contributed by atoms with Gasteiger partial charge in [0, 0.05) is 0 Å². The van der Waals surface area contributed by atoms with Gasteiger partial charge in [0.2, 0.25) is 0 Å². The van der Waals surface area contributed by atoms with Crippen molar-refractivity contribution in [1.29, 1.82) is 0 Å². The normalized spacial score (nSPS) is 11.3. The van der Waals surface area contributed by atoms with Crippen LogP contribution in [0.25, 0.3) is 65.7 Å². The highest BCUT2D eigenvalue weighted by Gasteiger charge is 2.07. The highest BCUT2D eigenvalue weighted by Crippen LogP contribution is 2.33. The van der Waals surface area contributed by atoms with E-state index in [0.29, 0.717) is 0 Å². The number of rotatable bonds is 3. The summed E-state index contributed by atoms with van der Waals surface area (Å²) in [4.78, 5) is 0. The second-order valence-electron chi connectivity index (χ2n) is 9.45. The van der Waals surface area contributed by atoms with Crippen LogP contribution in [0.3, 0.4) is 0 Å². The van der Waals surface area contributed by atoms with Gasteiger partial charge in [0.25, 0.3) is 0 Å². The van der Waals surface area contributed by atoms with Crippen molar-refractivity contribution in [3.8, 4) is 33.4 Å². The van der Waals surface area contributed by atoms with Crippen LogP contribution >= 0.6 is 0 Å². The average Bonchev–Trinajstić information content (AvgIpc) is 2.96. The molecule has 0 fully saturated rings.